The maximum absolute atomic E-state index is 13.3. The van der Waals surface area contributed by atoms with Crippen molar-refractivity contribution in [2.24, 2.45) is 5.28 Å². The molecule has 1 unspecified atom stereocenters. The highest BCUT2D eigenvalue weighted by Gasteiger charge is 2.44. The number of carbonyl (C=O) groups excluding carboxylic acids is 1. The molecule has 11 heteroatoms. The molecule has 1 heterocycles. The van der Waals surface area contributed by atoms with Gasteiger partial charge in [-0.05, 0) is 34.7 Å². The molecule has 1 saturated heterocycles. The molecule has 0 aromatic heterocycles. The molecular formula is C19H22N4O6S. The number of methoxy groups -OCH3 is 1. The summed E-state index contributed by atoms with van der Waals surface area (Å²) in [4.78, 5) is 18.7. The highest BCUT2D eigenvalue weighted by molar-refractivity contribution is 7.89. The third-order valence-corrected chi connectivity index (χ3v) is 6.52. The Morgan fingerprint density at radius 2 is 1.80 bits per heavy atom. The summed E-state index contributed by atoms with van der Waals surface area (Å²) in [6, 6.07) is 14.7. The van der Waals surface area contributed by atoms with Crippen molar-refractivity contribution in [1.82, 2.24) is 9.21 Å². The second-order valence-corrected chi connectivity index (χ2v) is 8.33. The molecule has 0 N–H and O–H groups in total. The molecule has 3 rings (SSSR count). The minimum Gasteiger partial charge on any atom is -0.597 e. The van der Waals surface area contributed by atoms with Gasteiger partial charge in [-0.3, -0.25) is 4.79 Å². The first-order valence-corrected chi connectivity index (χ1v) is 10.5. The van der Waals surface area contributed by atoms with E-state index in [0.717, 1.165) is 0 Å². The average Bonchev–Trinajstić information content (AvgIpc) is 3.21. The van der Waals surface area contributed by atoms with Crippen LogP contribution in [0.2, 0.25) is 0 Å². The van der Waals surface area contributed by atoms with E-state index in [2.05, 4.69) is 10.1 Å². The maximum atomic E-state index is 13.3. The smallest absolute Gasteiger partial charge is 0.293 e. The Balaban J connectivity index is 2.00. The van der Waals surface area contributed by atoms with Crippen LogP contribution >= 0.6 is 0 Å². The lowest BCUT2D eigenvalue weighted by atomic mass is 10.1. The molecule has 1 atom stereocenters. The molecule has 0 spiro atoms. The van der Waals surface area contributed by atoms with Crippen LogP contribution in [-0.4, -0.2) is 62.2 Å². The van der Waals surface area contributed by atoms with E-state index in [1.807, 2.05) is 0 Å². The number of sulfonamides is 1. The summed E-state index contributed by atoms with van der Waals surface area (Å²) in [7, 11) is -1.17. The predicted molar refractivity (Wildman–Crippen MR) is 106 cm³/mol. The van der Waals surface area contributed by atoms with Gasteiger partial charge in [0.15, 0.2) is 5.28 Å². The van der Waals surface area contributed by atoms with Crippen molar-refractivity contribution in [3.8, 4) is 5.75 Å². The van der Waals surface area contributed by atoms with Gasteiger partial charge in [0.1, 0.15) is 19.0 Å². The van der Waals surface area contributed by atoms with E-state index in [1.54, 1.807) is 42.5 Å². The van der Waals surface area contributed by atoms with Crippen molar-refractivity contribution in [2.45, 2.75) is 11.1 Å². The zero-order valence-corrected chi connectivity index (χ0v) is 17.4. The molecule has 0 saturated carbocycles. The Labute approximate surface area is 174 Å². The van der Waals surface area contributed by atoms with Crippen LogP contribution in [0.4, 0.5) is 0 Å². The van der Waals surface area contributed by atoms with E-state index in [4.69, 9.17) is 4.74 Å². The van der Waals surface area contributed by atoms with Crippen molar-refractivity contribution in [2.75, 3.05) is 33.9 Å². The number of benzene rings is 2. The molecule has 1 fully saturated rings. The van der Waals surface area contributed by atoms with E-state index in [0.29, 0.717) is 11.3 Å². The number of rotatable bonds is 7. The second-order valence-electron chi connectivity index (χ2n) is 6.44. The van der Waals surface area contributed by atoms with Gasteiger partial charge >= 0.3 is 0 Å². The number of carbonyl (C=O) groups is 1. The Bertz CT molecular complexity index is 1010. The first-order chi connectivity index (χ1) is 14.4. The Hall–Kier alpha value is -3.18. The SMILES string of the molecule is CO/N=[N+](\[O-])CC(=O)N1CCN(S(=O)(=O)c2ccccc2)C1c1ccc(OC)cc1. The van der Waals surface area contributed by atoms with Gasteiger partial charge in [-0.1, -0.05) is 30.3 Å². The summed E-state index contributed by atoms with van der Waals surface area (Å²) in [6.45, 7) is -0.387. The molecule has 30 heavy (non-hydrogen) atoms. The van der Waals surface area contributed by atoms with Gasteiger partial charge in [0.05, 0.1) is 12.0 Å². The zero-order chi connectivity index (χ0) is 21.7. The topological polar surface area (TPSA) is 115 Å². The monoisotopic (exact) mass is 434 g/mol. The zero-order valence-electron chi connectivity index (χ0n) is 16.5. The fourth-order valence-corrected chi connectivity index (χ4v) is 4.89. The number of hydrogen-bond acceptors (Lipinski definition) is 7. The number of nitrogens with zero attached hydrogens (tertiary/aromatic N) is 4. The van der Waals surface area contributed by atoms with Gasteiger partial charge in [-0.2, -0.15) is 4.31 Å². The first-order valence-electron chi connectivity index (χ1n) is 9.07. The van der Waals surface area contributed by atoms with Crippen molar-refractivity contribution in [1.29, 1.82) is 0 Å². The standard InChI is InChI=1S/C19H22N4O6S/c1-28-16-10-8-15(9-11-16)19-21(18(24)14-23(25)20-29-2)12-13-22(19)30(26,27)17-6-4-3-5-7-17/h3-11,19H,12-14H2,1-2H3/b23-20-. The molecule has 1 aliphatic rings. The molecule has 1 aliphatic heterocycles. The fourth-order valence-electron chi connectivity index (χ4n) is 3.30. The van der Waals surface area contributed by atoms with Crippen LogP contribution in [0, 0.1) is 5.21 Å². The normalized spacial score (nSPS) is 17.7. The average molecular weight is 434 g/mol. The van der Waals surface area contributed by atoms with Crippen molar-refractivity contribution >= 4 is 15.9 Å². The minimum atomic E-state index is -3.89. The Morgan fingerprint density at radius 3 is 2.40 bits per heavy atom. The molecule has 0 aliphatic carbocycles. The lowest BCUT2D eigenvalue weighted by Crippen LogP contribution is -2.40. The summed E-state index contributed by atoms with van der Waals surface area (Å²) in [5.74, 6) is 0.0223. The third-order valence-electron chi connectivity index (χ3n) is 4.66. The van der Waals surface area contributed by atoms with Gasteiger partial charge in [-0.15, -0.1) is 0 Å². The minimum absolute atomic E-state index is 0.0833. The van der Waals surface area contributed by atoms with Crippen molar-refractivity contribution in [3.63, 3.8) is 0 Å². The van der Waals surface area contributed by atoms with Crippen LogP contribution in [-0.2, 0) is 19.7 Å². The molecule has 0 radical (unpaired) electrons. The summed E-state index contributed by atoms with van der Waals surface area (Å²) in [6.07, 6.45) is -0.912. The molecule has 160 valence electrons. The van der Waals surface area contributed by atoms with Gasteiger partial charge in [0.2, 0.25) is 10.0 Å². The summed E-state index contributed by atoms with van der Waals surface area (Å²) in [5, 5.41) is 14.8. The van der Waals surface area contributed by atoms with Crippen molar-refractivity contribution < 1.29 is 27.6 Å². The molecular weight excluding hydrogens is 412 g/mol. The quantitative estimate of drug-likeness (QED) is 0.373. The van der Waals surface area contributed by atoms with Crippen LogP contribution in [0.5, 0.6) is 5.75 Å². The van der Waals surface area contributed by atoms with Crippen LogP contribution in [0.1, 0.15) is 11.7 Å². The molecule has 2 aromatic carbocycles. The Morgan fingerprint density at radius 1 is 1.13 bits per heavy atom. The van der Waals surface area contributed by atoms with Gasteiger partial charge in [-0.25, -0.2) is 8.42 Å². The van der Waals surface area contributed by atoms with E-state index in [-0.39, 0.29) is 22.8 Å². The van der Waals surface area contributed by atoms with Crippen LogP contribution in [0.25, 0.3) is 0 Å². The number of hydroxylamine groups is 1. The molecule has 2 aromatic rings. The Kier molecular flexibility index (Phi) is 6.53. The third kappa shape index (κ3) is 4.36. The lowest BCUT2D eigenvalue weighted by molar-refractivity contribution is -0.547. The highest BCUT2D eigenvalue weighted by Crippen LogP contribution is 2.35. The van der Waals surface area contributed by atoms with E-state index >= 15 is 0 Å². The van der Waals surface area contributed by atoms with Crippen LogP contribution < -0.4 is 4.74 Å². The van der Waals surface area contributed by atoms with Gasteiger partial charge in [0.25, 0.3) is 12.5 Å². The van der Waals surface area contributed by atoms with Crippen LogP contribution in [0.3, 0.4) is 0 Å². The second kappa shape index (κ2) is 9.09. The highest BCUT2D eigenvalue weighted by atomic mass is 32.2. The predicted octanol–water partition coefficient (Wildman–Crippen LogP) is 1.75. The summed E-state index contributed by atoms with van der Waals surface area (Å²) >= 11 is 0. The van der Waals surface area contributed by atoms with E-state index in [9.17, 15) is 18.4 Å². The summed E-state index contributed by atoms with van der Waals surface area (Å²) in [5.41, 5.74) is 0.572. The van der Waals surface area contributed by atoms with Crippen molar-refractivity contribution in [3.05, 3.63) is 65.4 Å². The van der Waals surface area contributed by atoms with E-state index in [1.165, 1.54) is 35.6 Å². The lowest BCUT2D eigenvalue weighted by Gasteiger charge is -2.29. The number of ether oxygens (including phenoxy) is 1. The largest absolute Gasteiger partial charge is 0.597 e. The van der Waals surface area contributed by atoms with Crippen LogP contribution in [0.15, 0.2) is 64.8 Å². The molecule has 0 bridgehead atoms. The number of hydrogen-bond donors (Lipinski definition) is 0. The molecule has 10 nitrogen and oxygen atoms in total. The van der Waals surface area contributed by atoms with Gasteiger partial charge in [0, 0.05) is 13.1 Å². The van der Waals surface area contributed by atoms with E-state index < -0.39 is 28.6 Å². The fraction of sp³-hybridized carbons (Fsp3) is 0.316. The first kappa shape index (κ1) is 21.5. The number of amides is 1. The summed E-state index contributed by atoms with van der Waals surface area (Å²) < 4.78 is 33.0. The maximum Gasteiger partial charge on any atom is 0.293 e. The van der Waals surface area contributed by atoms with Gasteiger partial charge < -0.3 is 19.7 Å². The molecule has 1 amide bonds.